The van der Waals surface area contributed by atoms with Crippen LogP contribution in [0.15, 0.2) is 18.2 Å². The molecule has 300 valence electrons. The number of aryl methyl sites for hydroxylation is 1. The summed E-state index contributed by atoms with van der Waals surface area (Å²) < 4.78 is 5.52. The van der Waals surface area contributed by atoms with Crippen LogP contribution in [0.2, 0.25) is 0 Å². The highest BCUT2D eigenvalue weighted by Gasteiger charge is 2.45. The van der Waals surface area contributed by atoms with Crippen LogP contribution >= 0.6 is 0 Å². The monoisotopic (exact) mass is 760 g/mol. The maximum Gasteiger partial charge on any atom is 0.311 e. The van der Waals surface area contributed by atoms with Crippen LogP contribution in [0.25, 0.3) is 0 Å². The minimum atomic E-state index is -1.65. The third-order valence-electron chi connectivity index (χ3n) is 10.1. The molecule has 16 nitrogen and oxygen atoms in total. The number of nitrogens with zero attached hydrogens (tertiary/aromatic N) is 1. The molecule has 0 radical (unpaired) electrons. The van der Waals surface area contributed by atoms with E-state index in [0.29, 0.717) is 16.8 Å². The lowest BCUT2D eigenvalue weighted by Crippen LogP contribution is -2.55. The highest BCUT2D eigenvalue weighted by molar-refractivity contribution is 6.06. The first-order valence-electron chi connectivity index (χ1n) is 18.3. The Labute approximate surface area is 315 Å². The van der Waals surface area contributed by atoms with E-state index in [1.165, 1.54) is 6.92 Å². The number of ether oxygens (including phenoxy) is 1. The fourth-order valence-corrected chi connectivity index (χ4v) is 6.55. The molecule has 0 aromatic heterocycles. The SMILES string of the molecule is CC(C)C1CC(=O)N(CC(=O)N[C@H](C(=O)N[C@@H](C)C(=O)Nc2ccc(COC(=O)C(C)(C)C)c(CC[C@@H]3C[C@H](C(=O)O)[C@@H](O)[C@H](O)[C@H]3O)c2)C(C)C)C1=O. The number of imide groups is 1. The number of aliphatic hydroxyl groups is 3. The first kappa shape index (κ1) is 44.0. The molecule has 1 aliphatic carbocycles. The number of hydrogen-bond acceptors (Lipinski definition) is 11. The molecule has 3 rings (SSSR count). The summed E-state index contributed by atoms with van der Waals surface area (Å²) in [7, 11) is 0. The number of rotatable bonds is 15. The molecule has 1 aliphatic heterocycles. The van der Waals surface area contributed by atoms with Gasteiger partial charge in [-0.25, -0.2) is 0 Å². The Balaban J connectivity index is 1.71. The van der Waals surface area contributed by atoms with E-state index in [2.05, 4.69) is 16.0 Å². The molecule has 16 heteroatoms. The maximum absolute atomic E-state index is 13.3. The van der Waals surface area contributed by atoms with Gasteiger partial charge >= 0.3 is 11.9 Å². The number of aliphatic carboxylic acids is 1. The van der Waals surface area contributed by atoms with E-state index >= 15 is 0 Å². The zero-order valence-corrected chi connectivity index (χ0v) is 32.3. The smallest absolute Gasteiger partial charge is 0.311 e. The average molecular weight is 761 g/mol. The molecule has 1 saturated carbocycles. The third kappa shape index (κ3) is 11.1. The fourth-order valence-electron chi connectivity index (χ4n) is 6.55. The zero-order valence-electron chi connectivity index (χ0n) is 32.3. The summed E-state index contributed by atoms with van der Waals surface area (Å²) in [4.78, 5) is 89.6. The lowest BCUT2D eigenvalue weighted by atomic mass is 9.73. The summed E-state index contributed by atoms with van der Waals surface area (Å²) in [6.07, 6.45) is -4.31. The van der Waals surface area contributed by atoms with Gasteiger partial charge in [-0.2, -0.15) is 0 Å². The standard InChI is InChI=1S/C38H56N4O12/c1-18(2)25-15-28(44)42(35(25)50)16-27(43)41-29(19(3)4)34(49)39-20(5)33(48)40-24-12-11-23(17-54-37(53)38(6,7)8)21(13-24)9-10-22-14-26(36(51)52)31(46)32(47)30(22)45/h11-13,18-20,22,25-26,29-32,45-47H,9-10,14-17H2,1-8H3,(H,39,49)(H,40,48)(H,41,43)(H,51,52)/t20-,22+,25?,26-,29-,30-,31+,32+/m0/s1. The van der Waals surface area contributed by atoms with Crippen molar-refractivity contribution in [2.45, 2.75) is 118 Å². The number of anilines is 1. The number of hydrogen-bond donors (Lipinski definition) is 7. The van der Waals surface area contributed by atoms with Crippen LogP contribution in [0.4, 0.5) is 5.69 Å². The molecule has 1 heterocycles. The lowest BCUT2D eigenvalue weighted by molar-refractivity contribution is -0.168. The van der Waals surface area contributed by atoms with Crippen LogP contribution in [-0.2, 0) is 51.3 Å². The van der Waals surface area contributed by atoms with Gasteiger partial charge in [0, 0.05) is 18.0 Å². The molecule has 1 aromatic rings. The molecule has 1 unspecified atom stereocenters. The Morgan fingerprint density at radius 2 is 1.56 bits per heavy atom. The number of nitrogens with one attached hydrogen (secondary N) is 3. The van der Waals surface area contributed by atoms with Crippen molar-refractivity contribution >= 4 is 47.2 Å². The number of carboxylic acid groups (broad SMARTS) is 1. The van der Waals surface area contributed by atoms with E-state index in [4.69, 9.17) is 4.74 Å². The summed E-state index contributed by atoms with van der Waals surface area (Å²) in [6.45, 7) is 12.9. The Morgan fingerprint density at radius 3 is 2.11 bits per heavy atom. The second-order valence-corrected chi connectivity index (χ2v) is 16.1. The molecule has 54 heavy (non-hydrogen) atoms. The van der Waals surface area contributed by atoms with Crippen LogP contribution in [-0.4, -0.2) is 104 Å². The number of carboxylic acids is 1. The first-order chi connectivity index (χ1) is 25.0. The molecular formula is C38H56N4O12. The zero-order chi connectivity index (χ0) is 40.8. The van der Waals surface area contributed by atoms with Gasteiger partial charge in [0.15, 0.2) is 0 Å². The van der Waals surface area contributed by atoms with Gasteiger partial charge in [-0.1, -0.05) is 33.8 Å². The Hall–Kier alpha value is -4.41. The van der Waals surface area contributed by atoms with E-state index in [0.717, 1.165) is 4.90 Å². The largest absolute Gasteiger partial charge is 0.481 e. The van der Waals surface area contributed by atoms with Crippen molar-refractivity contribution in [3.8, 4) is 0 Å². The predicted molar refractivity (Wildman–Crippen MR) is 194 cm³/mol. The van der Waals surface area contributed by atoms with Crippen LogP contribution < -0.4 is 16.0 Å². The predicted octanol–water partition coefficient (Wildman–Crippen LogP) is 1.13. The van der Waals surface area contributed by atoms with Gasteiger partial charge in [-0.15, -0.1) is 0 Å². The number of likely N-dealkylation sites (tertiary alicyclic amines) is 1. The quantitative estimate of drug-likeness (QED) is 0.0982. The normalized spacial score (nSPS) is 24.3. The number of benzene rings is 1. The van der Waals surface area contributed by atoms with Gasteiger partial charge in [0.05, 0.1) is 23.5 Å². The average Bonchev–Trinajstić information content (AvgIpc) is 3.36. The van der Waals surface area contributed by atoms with E-state index in [9.17, 15) is 54.0 Å². The van der Waals surface area contributed by atoms with Crippen molar-refractivity contribution in [1.29, 1.82) is 0 Å². The maximum atomic E-state index is 13.3. The van der Waals surface area contributed by atoms with Gasteiger partial charge in [0.2, 0.25) is 29.5 Å². The summed E-state index contributed by atoms with van der Waals surface area (Å²) in [6, 6.07) is 2.68. The first-order valence-corrected chi connectivity index (χ1v) is 18.3. The number of carbonyl (C=O) groups excluding carboxylic acids is 6. The minimum absolute atomic E-state index is 0.0192. The Kier molecular flexibility index (Phi) is 14.9. The molecule has 0 spiro atoms. The summed E-state index contributed by atoms with van der Waals surface area (Å²) in [5.41, 5.74) is 0.728. The number of amides is 5. The van der Waals surface area contributed by atoms with Crippen LogP contribution in [0.3, 0.4) is 0 Å². The molecule has 2 fully saturated rings. The highest BCUT2D eigenvalue weighted by atomic mass is 16.5. The van der Waals surface area contributed by atoms with Crippen molar-refractivity contribution in [2.24, 2.45) is 35.0 Å². The van der Waals surface area contributed by atoms with E-state index in [1.807, 2.05) is 13.8 Å². The minimum Gasteiger partial charge on any atom is -0.481 e. The molecule has 7 N–H and O–H groups in total. The lowest BCUT2D eigenvalue weighted by Gasteiger charge is -2.39. The number of esters is 1. The van der Waals surface area contributed by atoms with Crippen LogP contribution in [0.1, 0.15) is 85.8 Å². The summed E-state index contributed by atoms with van der Waals surface area (Å²) >= 11 is 0. The van der Waals surface area contributed by atoms with E-state index in [1.54, 1.807) is 52.8 Å². The van der Waals surface area contributed by atoms with Crippen molar-refractivity contribution in [2.75, 3.05) is 11.9 Å². The van der Waals surface area contributed by atoms with Gasteiger partial charge < -0.3 is 41.1 Å². The van der Waals surface area contributed by atoms with Gasteiger partial charge in [-0.3, -0.25) is 38.5 Å². The summed E-state index contributed by atoms with van der Waals surface area (Å²) in [5, 5.41) is 48.6. The van der Waals surface area contributed by atoms with Crippen molar-refractivity contribution in [3.63, 3.8) is 0 Å². The van der Waals surface area contributed by atoms with Gasteiger partial charge in [-0.05, 0) is 88.0 Å². The van der Waals surface area contributed by atoms with Crippen molar-refractivity contribution in [1.82, 2.24) is 15.5 Å². The molecule has 1 aromatic carbocycles. The molecular weight excluding hydrogens is 704 g/mol. The van der Waals surface area contributed by atoms with Crippen LogP contribution in [0.5, 0.6) is 0 Å². The molecule has 5 amide bonds. The van der Waals surface area contributed by atoms with E-state index < -0.39 is 108 Å². The molecule has 2 aliphatic rings. The Bertz CT molecular complexity index is 1590. The van der Waals surface area contributed by atoms with Crippen molar-refractivity contribution < 1.29 is 58.7 Å². The van der Waals surface area contributed by atoms with Crippen LogP contribution in [0, 0.1) is 35.0 Å². The molecule has 0 bridgehead atoms. The van der Waals surface area contributed by atoms with Crippen molar-refractivity contribution in [3.05, 3.63) is 29.3 Å². The number of aliphatic hydroxyl groups excluding tert-OH is 3. The highest BCUT2D eigenvalue weighted by Crippen LogP contribution is 2.34. The second kappa shape index (κ2) is 18.3. The van der Waals surface area contributed by atoms with Gasteiger partial charge in [0.1, 0.15) is 31.3 Å². The third-order valence-corrected chi connectivity index (χ3v) is 10.1. The molecule has 8 atom stereocenters. The van der Waals surface area contributed by atoms with Gasteiger partial charge in [0.25, 0.3) is 0 Å². The van der Waals surface area contributed by atoms with E-state index in [-0.39, 0.29) is 38.2 Å². The summed E-state index contributed by atoms with van der Waals surface area (Å²) in [5.74, 6) is -7.56. The fraction of sp³-hybridized carbons (Fsp3) is 0.658. The Morgan fingerprint density at radius 1 is 0.907 bits per heavy atom. The second-order valence-electron chi connectivity index (χ2n) is 16.1. The topological polar surface area (TPSA) is 249 Å². The molecule has 1 saturated heterocycles. The number of carbonyl (C=O) groups is 7.